The topological polar surface area (TPSA) is 55.6 Å². The van der Waals surface area contributed by atoms with Crippen molar-refractivity contribution < 1.29 is 0 Å². The standard InChI is InChI=1S/C14H21N5/c1-12(2)10-15-11-14-16-17-18-19(14)9-8-13-6-4-3-5-7-13/h3-7,12,15H,8-11H2,1-2H3. The van der Waals surface area contributed by atoms with Gasteiger partial charge in [0, 0.05) is 6.54 Å². The number of benzene rings is 1. The van der Waals surface area contributed by atoms with E-state index in [2.05, 4.69) is 59.0 Å². The maximum absolute atomic E-state index is 4.06. The molecule has 5 nitrogen and oxygen atoms in total. The van der Waals surface area contributed by atoms with Gasteiger partial charge < -0.3 is 5.32 Å². The first-order valence-corrected chi connectivity index (χ1v) is 6.75. The molecule has 0 aliphatic heterocycles. The fourth-order valence-corrected chi connectivity index (χ4v) is 1.88. The van der Waals surface area contributed by atoms with E-state index < -0.39 is 0 Å². The highest BCUT2D eigenvalue weighted by Gasteiger charge is 2.05. The second kappa shape index (κ2) is 6.99. The number of tetrazole rings is 1. The molecule has 1 heterocycles. The van der Waals surface area contributed by atoms with Crippen LogP contribution in [0.2, 0.25) is 0 Å². The summed E-state index contributed by atoms with van der Waals surface area (Å²) < 4.78 is 1.88. The Morgan fingerprint density at radius 3 is 2.74 bits per heavy atom. The molecule has 0 amide bonds. The molecule has 0 bridgehead atoms. The average Bonchev–Trinajstić information content (AvgIpc) is 2.85. The first kappa shape index (κ1) is 13.7. The van der Waals surface area contributed by atoms with Crippen LogP contribution in [-0.4, -0.2) is 26.8 Å². The SMILES string of the molecule is CC(C)CNCc1nnnn1CCc1ccccc1. The largest absolute Gasteiger partial charge is 0.310 e. The quantitative estimate of drug-likeness (QED) is 0.821. The van der Waals surface area contributed by atoms with E-state index in [1.807, 2.05) is 10.7 Å². The lowest BCUT2D eigenvalue weighted by Crippen LogP contribution is -2.22. The molecule has 0 fully saturated rings. The summed E-state index contributed by atoms with van der Waals surface area (Å²) in [5, 5.41) is 15.2. The molecule has 2 aromatic rings. The normalized spacial score (nSPS) is 11.1. The Kier molecular flexibility index (Phi) is 5.03. The molecule has 102 valence electrons. The van der Waals surface area contributed by atoms with Crippen molar-refractivity contribution in [1.82, 2.24) is 25.5 Å². The van der Waals surface area contributed by atoms with E-state index >= 15 is 0 Å². The van der Waals surface area contributed by atoms with E-state index in [1.165, 1.54) is 5.56 Å². The molecular formula is C14H21N5. The van der Waals surface area contributed by atoms with Gasteiger partial charge in [0.05, 0.1) is 6.54 Å². The number of hydrogen-bond acceptors (Lipinski definition) is 4. The highest BCUT2D eigenvalue weighted by Crippen LogP contribution is 2.02. The molecule has 0 saturated carbocycles. The minimum atomic E-state index is 0.633. The second-order valence-electron chi connectivity index (χ2n) is 5.08. The Morgan fingerprint density at radius 1 is 1.21 bits per heavy atom. The number of rotatable bonds is 7. The van der Waals surface area contributed by atoms with Crippen LogP contribution in [0.1, 0.15) is 25.2 Å². The van der Waals surface area contributed by atoms with Crippen molar-refractivity contribution in [3.63, 3.8) is 0 Å². The lowest BCUT2D eigenvalue weighted by Gasteiger charge is -2.08. The van der Waals surface area contributed by atoms with Crippen molar-refractivity contribution in [3.8, 4) is 0 Å². The van der Waals surface area contributed by atoms with Gasteiger partial charge in [-0.3, -0.25) is 0 Å². The summed E-state index contributed by atoms with van der Waals surface area (Å²) >= 11 is 0. The zero-order valence-electron chi connectivity index (χ0n) is 11.6. The van der Waals surface area contributed by atoms with Crippen LogP contribution in [0.5, 0.6) is 0 Å². The van der Waals surface area contributed by atoms with E-state index in [0.717, 1.165) is 31.9 Å². The molecule has 0 saturated heterocycles. The summed E-state index contributed by atoms with van der Waals surface area (Å²) in [7, 11) is 0. The molecule has 1 N–H and O–H groups in total. The first-order chi connectivity index (χ1) is 9.25. The van der Waals surface area contributed by atoms with Gasteiger partial charge in [0.1, 0.15) is 0 Å². The third-order valence-electron chi connectivity index (χ3n) is 2.90. The molecule has 0 aliphatic carbocycles. The van der Waals surface area contributed by atoms with Crippen LogP contribution in [-0.2, 0) is 19.5 Å². The van der Waals surface area contributed by atoms with Crippen LogP contribution < -0.4 is 5.32 Å². The molecule has 0 aliphatic rings. The molecule has 1 aromatic carbocycles. The summed E-state index contributed by atoms with van der Waals surface area (Å²) in [5.41, 5.74) is 1.30. The highest BCUT2D eigenvalue weighted by atomic mass is 15.5. The molecule has 0 unspecified atom stereocenters. The van der Waals surface area contributed by atoms with Crippen molar-refractivity contribution in [1.29, 1.82) is 0 Å². The van der Waals surface area contributed by atoms with Crippen molar-refractivity contribution in [2.45, 2.75) is 33.4 Å². The van der Waals surface area contributed by atoms with E-state index in [-0.39, 0.29) is 0 Å². The summed E-state index contributed by atoms with van der Waals surface area (Å²) in [5.74, 6) is 1.53. The summed E-state index contributed by atoms with van der Waals surface area (Å²) in [4.78, 5) is 0. The van der Waals surface area contributed by atoms with Crippen LogP contribution >= 0.6 is 0 Å². The van der Waals surface area contributed by atoms with Crippen molar-refractivity contribution in [2.75, 3.05) is 6.54 Å². The number of nitrogens with zero attached hydrogens (tertiary/aromatic N) is 4. The van der Waals surface area contributed by atoms with Crippen LogP contribution in [0, 0.1) is 5.92 Å². The van der Waals surface area contributed by atoms with Gasteiger partial charge in [0.15, 0.2) is 5.82 Å². The zero-order chi connectivity index (χ0) is 13.5. The number of hydrogen-bond donors (Lipinski definition) is 1. The molecule has 0 atom stereocenters. The van der Waals surface area contributed by atoms with Crippen LogP contribution in [0.25, 0.3) is 0 Å². The predicted molar refractivity (Wildman–Crippen MR) is 74.5 cm³/mol. The number of nitrogens with one attached hydrogen (secondary N) is 1. The fourth-order valence-electron chi connectivity index (χ4n) is 1.88. The minimum Gasteiger partial charge on any atom is -0.310 e. The van der Waals surface area contributed by atoms with Crippen molar-refractivity contribution in [3.05, 3.63) is 41.7 Å². The maximum Gasteiger partial charge on any atom is 0.165 e. The van der Waals surface area contributed by atoms with E-state index in [0.29, 0.717) is 5.92 Å². The van der Waals surface area contributed by atoms with Crippen molar-refractivity contribution >= 4 is 0 Å². The summed E-state index contributed by atoms with van der Waals surface area (Å²) in [6, 6.07) is 10.4. The Balaban J connectivity index is 1.85. The van der Waals surface area contributed by atoms with Gasteiger partial charge in [-0.1, -0.05) is 44.2 Å². The first-order valence-electron chi connectivity index (χ1n) is 6.75. The third-order valence-corrected chi connectivity index (χ3v) is 2.90. The molecular weight excluding hydrogens is 238 g/mol. The van der Waals surface area contributed by atoms with Gasteiger partial charge in [0.2, 0.25) is 0 Å². The van der Waals surface area contributed by atoms with Crippen LogP contribution in [0.3, 0.4) is 0 Å². The molecule has 19 heavy (non-hydrogen) atoms. The zero-order valence-corrected chi connectivity index (χ0v) is 11.6. The van der Waals surface area contributed by atoms with Gasteiger partial charge in [0.25, 0.3) is 0 Å². The fraction of sp³-hybridized carbons (Fsp3) is 0.500. The van der Waals surface area contributed by atoms with Gasteiger partial charge >= 0.3 is 0 Å². The van der Waals surface area contributed by atoms with Gasteiger partial charge in [-0.25, -0.2) is 4.68 Å². The maximum atomic E-state index is 4.06. The van der Waals surface area contributed by atoms with Gasteiger partial charge in [-0.15, -0.1) is 5.10 Å². The molecule has 0 radical (unpaired) electrons. The lowest BCUT2D eigenvalue weighted by molar-refractivity contribution is 0.509. The average molecular weight is 259 g/mol. The van der Waals surface area contributed by atoms with E-state index in [9.17, 15) is 0 Å². The smallest absolute Gasteiger partial charge is 0.165 e. The Labute approximate surface area is 114 Å². The monoisotopic (exact) mass is 259 g/mol. The summed E-state index contributed by atoms with van der Waals surface area (Å²) in [6.45, 7) is 6.89. The molecule has 2 rings (SSSR count). The van der Waals surface area contributed by atoms with E-state index in [4.69, 9.17) is 0 Å². The Morgan fingerprint density at radius 2 is 2.00 bits per heavy atom. The van der Waals surface area contributed by atoms with Crippen LogP contribution in [0.15, 0.2) is 30.3 Å². The summed E-state index contributed by atoms with van der Waals surface area (Å²) in [6.07, 6.45) is 0.947. The Bertz CT molecular complexity index is 478. The minimum absolute atomic E-state index is 0.633. The predicted octanol–water partition coefficient (Wildman–Crippen LogP) is 1.66. The Hall–Kier alpha value is -1.75. The molecule has 0 spiro atoms. The van der Waals surface area contributed by atoms with E-state index in [1.54, 1.807) is 0 Å². The highest BCUT2D eigenvalue weighted by molar-refractivity contribution is 5.14. The van der Waals surface area contributed by atoms with Gasteiger partial charge in [-0.05, 0) is 34.9 Å². The van der Waals surface area contributed by atoms with Crippen LogP contribution in [0.4, 0.5) is 0 Å². The lowest BCUT2D eigenvalue weighted by atomic mass is 10.1. The number of aromatic nitrogens is 4. The third kappa shape index (κ3) is 4.44. The van der Waals surface area contributed by atoms with Crippen molar-refractivity contribution in [2.24, 2.45) is 5.92 Å². The van der Waals surface area contributed by atoms with Gasteiger partial charge in [-0.2, -0.15) is 0 Å². The molecule has 5 heteroatoms. The number of aryl methyl sites for hydroxylation is 2. The molecule has 1 aromatic heterocycles. The second-order valence-corrected chi connectivity index (χ2v) is 5.08.